The molecule has 0 bridgehead atoms. The van der Waals surface area contributed by atoms with E-state index in [9.17, 15) is 9.59 Å². The molecule has 2 aliphatic heterocycles. The number of benzene rings is 2. The van der Waals surface area contributed by atoms with Crippen LogP contribution in [0.1, 0.15) is 5.56 Å². The zero-order valence-corrected chi connectivity index (χ0v) is 18.3. The normalized spacial score (nSPS) is 16.4. The van der Waals surface area contributed by atoms with Gasteiger partial charge in [0, 0.05) is 13.1 Å². The lowest BCUT2D eigenvalue weighted by Gasteiger charge is -2.14. The first kappa shape index (κ1) is 20.5. The lowest BCUT2D eigenvalue weighted by Crippen LogP contribution is -2.38. The minimum absolute atomic E-state index is 0.0446. The Morgan fingerprint density at radius 2 is 2.06 bits per heavy atom. The van der Waals surface area contributed by atoms with Crippen molar-refractivity contribution < 1.29 is 19.1 Å². The SMILES string of the molecule is O=C(Cn1nnc2ccccc21)NCCN1C(=O)/C(=C/c2ccc3c(c2)OCO3)SC1=S. The third-order valence-electron chi connectivity index (χ3n) is 4.94. The molecule has 2 aliphatic rings. The van der Waals surface area contributed by atoms with E-state index in [4.69, 9.17) is 21.7 Å². The highest BCUT2D eigenvalue weighted by atomic mass is 32.2. The zero-order valence-electron chi connectivity index (χ0n) is 16.7. The standard InChI is InChI=1S/C21H17N5O4S2/c27-19(11-26-15-4-2-1-3-14(15)23-24-26)22-7-8-25-20(28)18(32-21(25)31)10-13-5-6-16-17(9-13)30-12-29-16/h1-6,9-10H,7-8,11-12H2,(H,22,27)/b18-10-. The minimum Gasteiger partial charge on any atom is -0.454 e. The van der Waals surface area contributed by atoms with Gasteiger partial charge in [0.2, 0.25) is 12.7 Å². The van der Waals surface area contributed by atoms with E-state index in [-0.39, 0.29) is 38.2 Å². The maximum absolute atomic E-state index is 12.8. The van der Waals surface area contributed by atoms with Gasteiger partial charge in [-0.15, -0.1) is 5.10 Å². The molecule has 0 radical (unpaired) electrons. The molecule has 1 aromatic heterocycles. The topological polar surface area (TPSA) is 98.6 Å². The second kappa shape index (κ2) is 8.60. The molecule has 5 rings (SSSR count). The predicted octanol–water partition coefficient (Wildman–Crippen LogP) is 2.18. The van der Waals surface area contributed by atoms with Gasteiger partial charge in [-0.3, -0.25) is 14.5 Å². The van der Waals surface area contributed by atoms with Gasteiger partial charge in [-0.2, -0.15) is 0 Å². The monoisotopic (exact) mass is 467 g/mol. The highest BCUT2D eigenvalue weighted by Crippen LogP contribution is 2.36. The van der Waals surface area contributed by atoms with E-state index in [1.165, 1.54) is 16.7 Å². The molecular weight excluding hydrogens is 450 g/mol. The third kappa shape index (κ3) is 4.04. The van der Waals surface area contributed by atoms with Gasteiger partial charge in [0.25, 0.3) is 5.91 Å². The number of amides is 2. The maximum atomic E-state index is 12.8. The molecule has 9 nitrogen and oxygen atoms in total. The number of rotatable bonds is 6. The molecule has 0 aliphatic carbocycles. The van der Waals surface area contributed by atoms with Crippen LogP contribution in [0.4, 0.5) is 0 Å². The molecule has 1 saturated heterocycles. The van der Waals surface area contributed by atoms with E-state index in [0.717, 1.165) is 16.6 Å². The van der Waals surface area contributed by atoms with Gasteiger partial charge in [0.05, 0.1) is 10.4 Å². The van der Waals surface area contributed by atoms with Gasteiger partial charge in [-0.05, 0) is 35.9 Å². The average Bonchev–Trinajstić information content (AvgIpc) is 3.48. The van der Waals surface area contributed by atoms with Crippen molar-refractivity contribution in [2.45, 2.75) is 6.54 Å². The summed E-state index contributed by atoms with van der Waals surface area (Å²) in [5, 5.41) is 10.9. The lowest BCUT2D eigenvalue weighted by atomic mass is 10.2. The minimum atomic E-state index is -0.220. The molecule has 11 heteroatoms. The number of ether oxygens (including phenoxy) is 2. The van der Waals surface area contributed by atoms with Crippen molar-refractivity contribution in [1.82, 2.24) is 25.2 Å². The highest BCUT2D eigenvalue weighted by molar-refractivity contribution is 8.26. The molecule has 0 saturated carbocycles. The Bertz CT molecular complexity index is 1270. The number of nitrogens with zero attached hydrogens (tertiary/aromatic N) is 4. The number of hydrogen-bond donors (Lipinski definition) is 1. The van der Waals surface area contributed by atoms with Gasteiger partial charge in [-0.25, -0.2) is 4.68 Å². The van der Waals surface area contributed by atoms with Crippen LogP contribution in [0, 0.1) is 0 Å². The van der Waals surface area contributed by atoms with Crippen molar-refractivity contribution in [1.29, 1.82) is 0 Å². The van der Waals surface area contributed by atoms with Crippen LogP contribution in [-0.4, -0.2) is 55.9 Å². The van der Waals surface area contributed by atoms with E-state index in [1.807, 2.05) is 42.5 Å². The first-order chi connectivity index (χ1) is 15.6. The number of hydrogen-bond acceptors (Lipinski definition) is 8. The number of nitrogens with one attached hydrogen (secondary N) is 1. The Balaban J connectivity index is 1.17. The molecule has 0 atom stereocenters. The van der Waals surface area contributed by atoms with Gasteiger partial charge < -0.3 is 14.8 Å². The van der Waals surface area contributed by atoms with Gasteiger partial charge in [0.1, 0.15) is 16.4 Å². The Hall–Kier alpha value is -3.44. The summed E-state index contributed by atoms with van der Waals surface area (Å²) in [5.41, 5.74) is 2.34. The molecule has 0 unspecified atom stereocenters. The molecule has 1 N–H and O–H groups in total. The Morgan fingerprint density at radius 3 is 2.97 bits per heavy atom. The number of carbonyl (C=O) groups is 2. The third-order valence-corrected chi connectivity index (χ3v) is 6.32. The zero-order chi connectivity index (χ0) is 22.1. The fourth-order valence-electron chi connectivity index (χ4n) is 3.38. The summed E-state index contributed by atoms with van der Waals surface area (Å²) >= 11 is 6.60. The van der Waals surface area contributed by atoms with E-state index >= 15 is 0 Å². The first-order valence-corrected chi connectivity index (χ1v) is 11.0. The predicted molar refractivity (Wildman–Crippen MR) is 123 cm³/mol. The number of fused-ring (bicyclic) bond motifs is 2. The van der Waals surface area contributed by atoms with Crippen molar-refractivity contribution >= 4 is 57.2 Å². The summed E-state index contributed by atoms with van der Waals surface area (Å²) in [5.74, 6) is 0.928. The second-order valence-corrected chi connectivity index (χ2v) is 8.71. The Labute approximate surface area is 192 Å². The molecule has 3 heterocycles. The molecule has 3 aromatic rings. The van der Waals surface area contributed by atoms with Crippen molar-refractivity contribution in [3.05, 3.63) is 52.9 Å². The molecule has 2 aromatic carbocycles. The highest BCUT2D eigenvalue weighted by Gasteiger charge is 2.31. The van der Waals surface area contributed by atoms with E-state index in [0.29, 0.717) is 20.7 Å². The number of para-hydroxylation sites is 1. The van der Waals surface area contributed by atoms with E-state index < -0.39 is 0 Å². The molecular formula is C21H17N5O4S2. The van der Waals surface area contributed by atoms with Crippen LogP contribution in [0.3, 0.4) is 0 Å². The summed E-state index contributed by atoms with van der Waals surface area (Å²) < 4.78 is 12.7. The number of carbonyl (C=O) groups excluding carboxylic acids is 2. The summed E-state index contributed by atoms with van der Waals surface area (Å²) in [6.07, 6.45) is 1.77. The Kier molecular flexibility index (Phi) is 5.50. The number of aromatic nitrogens is 3. The maximum Gasteiger partial charge on any atom is 0.266 e. The fourth-order valence-corrected chi connectivity index (χ4v) is 4.69. The second-order valence-electron chi connectivity index (χ2n) is 7.03. The number of thiocarbonyl (C=S) groups is 1. The van der Waals surface area contributed by atoms with Gasteiger partial charge >= 0.3 is 0 Å². The van der Waals surface area contributed by atoms with Crippen molar-refractivity contribution in [2.75, 3.05) is 19.9 Å². The van der Waals surface area contributed by atoms with Crippen LogP contribution in [0.2, 0.25) is 0 Å². The average molecular weight is 468 g/mol. The molecule has 2 amide bonds. The Morgan fingerprint density at radius 1 is 1.22 bits per heavy atom. The van der Waals surface area contributed by atoms with Crippen LogP contribution in [0.5, 0.6) is 11.5 Å². The van der Waals surface area contributed by atoms with Crippen molar-refractivity contribution in [2.24, 2.45) is 0 Å². The van der Waals surface area contributed by atoms with Crippen LogP contribution in [0.25, 0.3) is 17.1 Å². The summed E-state index contributed by atoms with van der Waals surface area (Å²) in [7, 11) is 0. The van der Waals surface area contributed by atoms with Crippen LogP contribution in [0.15, 0.2) is 47.4 Å². The molecule has 162 valence electrons. The van der Waals surface area contributed by atoms with Crippen LogP contribution in [-0.2, 0) is 16.1 Å². The van der Waals surface area contributed by atoms with E-state index in [1.54, 1.807) is 10.8 Å². The summed E-state index contributed by atoms with van der Waals surface area (Å²) in [6.45, 7) is 0.797. The summed E-state index contributed by atoms with van der Waals surface area (Å²) in [4.78, 5) is 27.1. The quantitative estimate of drug-likeness (QED) is 0.435. The number of thioether (sulfide) groups is 1. The van der Waals surface area contributed by atoms with Crippen LogP contribution >= 0.6 is 24.0 Å². The largest absolute Gasteiger partial charge is 0.454 e. The van der Waals surface area contributed by atoms with Gasteiger partial charge in [0.15, 0.2) is 11.5 Å². The van der Waals surface area contributed by atoms with Crippen molar-refractivity contribution in [3.63, 3.8) is 0 Å². The van der Waals surface area contributed by atoms with Gasteiger partial charge in [-0.1, -0.05) is 47.4 Å². The fraction of sp³-hybridized carbons (Fsp3) is 0.190. The molecule has 1 fully saturated rings. The van der Waals surface area contributed by atoms with E-state index in [2.05, 4.69) is 15.6 Å². The first-order valence-electron chi connectivity index (χ1n) is 9.78. The van der Waals surface area contributed by atoms with Crippen LogP contribution < -0.4 is 14.8 Å². The molecule has 0 spiro atoms. The lowest BCUT2D eigenvalue weighted by molar-refractivity contribution is -0.124. The summed E-state index contributed by atoms with van der Waals surface area (Å²) in [6, 6.07) is 12.9. The smallest absolute Gasteiger partial charge is 0.266 e. The van der Waals surface area contributed by atoms with Crippen molar-refractivity contribution in [3.8, 4) is 11.5 Å². The molecule has 32 heavy (non-hydrogen) atoms.